The van der Waals surface area contributed by atoms with Gasteiger partial charge in [-0.05, 0) is 58.0 Å². The summed E-state index contributed by atoms with van der Waals surface area (Å²) < 4.78 is 0. The molecule has 9 rings (SSSR count). The summed E-state index contributed by atoms with van der Waals surface area (Å²) in [6, 6.07) is 53.0. The Hall–Kier alpha value is -5.44. The first-order chi connectivity index (χ1) is 22.7. The van der Waals surface area contributed by atoms with E-state index in [1.54, 1.807) is 6.07 Å². The molecule has 4 nitrogen and oxygen atoms in total. The van der Waals surface area contributed by atoms with E-state index in [4.69, 9.17) is 15.0 Å². The van der Waals surface area contributed by atoms with Crippen LogP contribution in [0.1, 0.15) is 22.4 Å². The van der Waals surface area contributed by atoms with Gasteiger partial charge in [-0.15, -0.1) is 35.4 Å². The largest absolute Gasteiger partial charge is 0.507 e. The van der Waals surface area contributed by atoms with Crippen molar-refractivity contribution in [3.63, 3.8) is 0 Å². The number of aromatic hydroxyl groups is 1. The molecule has 8 aromatic rings. The summed E-state index contributed by atoms with van der Waals surface area (Å²) in [4.78, 5) is 15.3. The van der Waals surface area contributed by atoms with Crippen molar-refractivity contribution in [1.29, 1.82) is 0 Å². The van der Waals surface area contributed by atoms with Crippen molar-refractivity contribution in [2.75, 3.05) is 0 Å². The number of rotatable bonds is 4. The first-order valence-electron chi connectivity index (χ1n) is 15.3. The molecule has 5 heteroatoms. The Kier molecular flexibility index (Phi) is 7.04. The van der Waals surface area contributed by atoms with E-state index >= 15 is 0 Å². The van der Waals surface area contributed by atoms with Crippen LogP contribution in [-0.2, 0) is 26.5 Å². The van der Waals surface area contributed by atoms with E-state index in [0.29, 0.717) is 11.3 Å². The number of aromatic nitrogens is 3. The molecule has 1 aliphatic carbocycles. The van der Waals surface area contributed by atoms with E-state index in [-0.39, 0.29) is 26.8 Å². The fraction of sp³-hybridized carbons (Fsp3) is 0.0238. The van der Waals surface area contributed by atoms with Gasteiger partial charge in [0.2, 0.25) is 0 Å². The Balaban J connectivity index is 0.00000324. The van der Waals surface area contributed by atoms with Crippen LogP contribution in [0, 0.1) is 6.07 Å². The Morgan fingerprint density at radius 3 is 2.02 bits per heavy atom. The zero-order valence-electron chi connectivity index (χ0n) is 25.0. The van der Waals surface area contributed by atoms with Crippen molar-refractivity contribution in [3.05, 3.63) is 180 Å². The summed E-state index contributed by atoms with van der Waals surface area (Å²) >= 11 is 0. The molecule has 0 atom stereocenters. The SMILES string of the molecule is Oc1ccccc1-c1cccc(C2(c3[c-]c(-c4cnc5c(ccc6ccccc65)n4)ccc3)c3ccccc3-c3ccccc32)n1.[Pt]. The minimum absolute atomic E-state index is 0. The summed E-state index contributed by atoms with van der Waals surface area (Å²) in [5.41, 5.74) is 10.4. The summed E-state index contributed by atoms with van der Waals surface area (Å²) in [5, 5.41) is 13.0. The fourth-order valence-corrected chi connectivity index (χ4v) is 7.14. The third-order valence-corrected chi connectivity index (χ3v) is 9.18. The second kappa shape index (κ2) is 11.4. The number of benzene rings is 6. The third-order valence-electron chi connectivity index (χ3n) is 9.18. The van der Waals surface area contributed by atoms with Crippen LogP contribution in [0.3, 0.4) is 0 Å². The van der Waals surface area contributed by atoms with Gasteiger partial charge in [-0.1, -0.05) is 97.1 Å². The summed E-state index contributed by atoms with van der Waals surface area (Å²) in [6.07, 6.45) is 1.85. The van der Waals surface area contributed by atoms with Crippen molar-refractivity contribution in [3.8, 4) is 39.4 Å². The van der Waals surface area contributed by atoms with E-state index in [9.17, 15) is 5.11 Å². The van der Waals surface area contributed by atoms with E-state index in [2.05, 4.69) is 91.0 Å². The number of fused-ring (bicyclic) bond motifs is 6. The fourth-order valence-electron chi connectivity index (χ4n) is 7.14. The molecular weight excluding hydrogens is 758 g/mol. The minimum atomic E-state index is -0.760. The standard InChI is InChI=1S/C42H26N3O.Pt/c46-39-21-8-5-17-33(39)36-20-10-22-40(45-36)42(34-18-6-3-15-31(34)32-16-4-7-19-35(32)42)29-13-9-12-28(25-29)38-26-43-41-30-14-2-1-11-27(30)23-24-37(41)44-38;/h1-24,26,46H;/q-1;. The van der Waals surface area contributed by atoms with Crippen LogP contribution in [0.5, 0.6) is 5.75 Å². The molecule has 1 aliphatic rings. The van der Waals surface area contributed by atoms with Gasteiger partial charge in [0.1, 0.15) is 5.75 Å². The number of hydrogen-bond donors (Lipinski definition) is 1. The van der Waals surface area contributed by atoms with Gasteiger partial charge >= 0.3 is 0 Å². The van der Waals surface area contributed by atoms with Gasteiger partial charge in [0, 0.05) is 43.9 Å². The van der Waals surface area contributed by atoms with Crippen molar-refractivity contribution in [1.82, 2.24) is 15.0 Å². The van der Waals surface area contributed by atoms with Crippen LogP contribution in [0.2, 0.25) is 0 Å². The van der Waals surface area contributed by atoms with E-state index in [1.807, 2.05) is 60.8 Å². The Morgan fingerprint density at radius 2 is 1.23 bits per heavy atom. The molecule has 1 N–H and O–H groups in total. The number of para-hydroxylation sites is 1. The Morgan fingerprint density at radius 1 is 0.553 bits per heavy atom. The number of pyridine rings is 1. The second-order valence-corrected chi connectivity index (χ2v) is 11.7. The van der Waals surface area contributed by atoms with Crippen molar-refractivity contribution in [2.24, 2.45) is 0 Å². The van der Waals surface area contributed by atoms with Crippen LogP contribution in [-0.4, -0.2) is 20.1 Å². The van der Waals surface area contributed by atoms with Gasteiger partial charge in [-0.2, -0.15) is 0 Å². The zero-order chi connectivity index (χ0) is 30.7. The summed E-state index contributed by atoms with van der Waals surface area (Å²) in [7, 11) is 0. The van der Waals surface area contributed by atoms with E-state index in [1.165, 1.54) is 11.1 Å². The maximum atomic E-state index is 10.8. The topological polar surface area (TPSA) is 58.9 Å². The molecule has 0 aliphatic heterocycles. The summed E-state index contributed by atoms with van der Waals surface area (Å²) in [5.74, 6) is 0.199. The van der Waals surface area contributed by atoms with Gasteiger partial charge in [0.15, 0.2) is 0 Å². The first-order valence-corrected chi connectivity index (χ1v) is 15.3. The molecule has 0 unspecified atom stereocenters. The van der Waals surface area contributed by atoms with Gasteiger partial charge in [0.25, 0.3) is 0 Å². The van der Waals surface area contributed by atoms with Gasteiger partial charge in [-0.25, -0.2) is 0 Å². The number of nitrogens with zero attached hydrogens (tertiary/aromatic N) is 3. The number of hydrogen-bond acceptors (Lipinski definition) is 4. The number of phenolic OH excluding ortho intramolecular Hbond substituents is 1. The summed E-state index contributed by atoms with van der Waals surface area (Å²) in [6.45, 7) is 0. The van der Waals surface area contributed by atoms with Crippen LogP contribution < -0.4 is 0 Å². The van der Waals surface area contributed by atoms with Crippen LogP contribution in [0.15, 0.2) is 152 Å². The predicted octanol–water partition coefficient (Wildman–Crippen LogP) is 9.38. The average molecular weight is 784 g/mol. The number of phenols is 1. The molecule has 0 saturated heterocycles. The van der Waals surface area contributed by atoms with Crippen molar-refractivity contribution >= 4 is 21.8 Å². The molecule has 0 saturated carbocycles. The molecule has 0 amide bonds. The van der Waals surface area contributed by atoms with E-state index in [0.717, 1.165) is 55.4 Å². The van der Waals surface area contributed by atoms with Crippen molar-refractivity contribution in [2.45, 2.75) is 5.41 Å². The molecule has 226 valence electrons. The van der Waals surface area contributed by atoms with Crippen LogP contribution in [0.4, 0.5) is 0 Å². The van der Waals surface area contributed by atoms with E-state index < -0.39 is 5.41 Å². The molecule has 2 aromatic heterocycles. The van der Waals surface area contributed by atoms with Gasteiger partial charge < -0.3 is 5.11 Å². The molecule has 47 heavy (non-hydrogen) atoms. The monoisotopic (exact) mass is 783 g/mol. The van der Waals surface area contributed by atoms with Crippen molar-refractivity contribution < 1.29 is 26.2 Å². The Labute approximate surface area is 286 Å². The molecular formula is C42H26N3OPt-. The average Bonchev–Trinajstić information content (AvgIpc) is 3.43. The molecule has 0 fully saturated rings. The molecule has 6 aromatic carbocycles. The third kappa shape index (κ3) is 4.44. The smallest absolute Gasteiger partial charge is 0.124 e. The van der Waals surface area contributed by atoms with Crippen LogP contribution in [0.25, 0.3) is 55.4 Å². The van der Waals surface area contributed by atoms with Crippen LogP contribution >= 0.6 is 0 Å². The minimum Gasteiger partial charge on any atom is -0.507 e. The Bertz CT molecular complexity index is 2430. The van der Waals surface area contributed by atoms with Gasteiger partial charge in [0.05, 0.1) is 27.8 Å². The zero-order valence-corrected chi connectivity index (χ0v) is 27.3. The predicted molar refractivity (Wildman–Crippen MR) is 184 cm³/mol. The maximum absolute atomic E-state index is 10.8. The molecule has 0 radical (unpaired) electrons. The van der Waals surface area contributed by atoms with Gasteiger partial charge in [-0.3, -0.25) is 15.0 Å². The normalized spacial score (nSPS) is 12.8. The first kappa shape index (κ1) is 29.0. The second-order valence-electron chi connectivity index (χ2n) is 11.7. The quantitative estimate of drug-likeness (QED) is 0.143. The maximum Gasteiger partial charge on any atom is 0.124 e. The molecule has 0 bridgehead atoms. The molecule has 2 heterocycles. The molecule has 0 spiro atoms.